The molecule has 3 rings (SSSR count). The molecule has 8 heteroatoms. The van der Waals surface area contributed by atoms with Crippen LogP contribution in [0.3, 0.4) is 0 Å². The molecule has 0 saturated heterocycles. The molecule has 0 aliphatic carbocycles. The van der Waals surface area contributed by atoms with E-state index in [1.54, 1.807) is 31.4 Å². The van der Waals surface area contributed by atoms with E-state index in [0.717, 1.165) is 11.3 Å². The molecule has 1 aromatic heterocycles. The number of carbonyl (C=O) groups is 1. The molecule has 0 aliphatic rings. The van der Waals surface area contributed by atoms with Gasteiger partial charge in [-0.15, -0.1) is 0 Å². The number of nitrogens with one attached hydrogen (secondary N) is 2. The molecule has 0 unspecified atom stereocenters. The van der Waals surface area contributed by atoms with Crippen molar-refractivity contribution in [3.8, 4) is 5.75 Å². The van der Waals surface area contributed by atoms with Gasteiger partial charge in [-0.2, -0.15) is 0 Å². The summed E-state index contributed by atoms with van der Waals surface area (Å²) in [5.74, 6) is -0.122. The number of hydrogen-bond donors (Lipinski definition) is 3. The summed E-state index contributed by atoms with van der Waals surface area (Å²) >= 11 is 12.0. The lowest BCUT2D eigenvalue weighted by atomic mass is 10.0. The number of nitrogens with zero attached hydrogens (tertiary/aromatic N) is 1. The van der Waals surface area contributed by atoms with Gasteiger partial charge in [-0.05, 0) is 42.0 Å². The first kappa shape index (κ1) is 20.6. The van der Waals surface area contributed by atoms with Gasteiger partial charge in [0.25, 0.3) is 0 Å². The van der Waals surface area contributed by atoms with Crippen molar-refractivity contribution in [3.05, 3.63) is 87.0 Å². The summed E-state index contributed by atoms with van der Waals surface area (Å²) in [6.07, 6.45) is 0. The van der Waals surface area contributed by atoms with Crippen LogP contribution in [0.5, 0.6) is 5.75 Å². The van der Waals surface area contributed by atoms with E-state index in [4.69, 9.17) is 33.3 Å². The fourth-order valence-electron chi connectivity index (χ4n) is 2.65. The molecule has 0 atom stereocenters. The van der Waals surface area contributed by atoms with Crippen LogP contribution in [-0.2, 0) is 6.54 Å². The Balaban J connectivity index is 1.92. The zero-order valence-corrected chi connectivity index (χ0v) is 16.9. The third-order valence-corrected chi connectivity index (χ3v) is 4.95. The van der Waals surface area contributed by atoms with E-state index in [0.29, 0.717) is 27.7 Å². The number of aromatic carboxylic acids is 1. The highest BCUT2D eigenvalue weighted by atomic mass is 35.5. The molecule has 0 radical (unpaired) electrons. The van der Waals surface area contributed by atoms with Crippen LogP contribution in [0.4, 0.5) is 5.82 Å². The molecule has 2 aromatic carbocycles. The molecule has 0 saturated carbocycles. The average Bonchev–Trinajstić information content (AvgIpc) is 2.73. The number of carboxylic acid groups (broad SMARTS) is 1. The van der Waals surface area contributed by atoms with Crippen LogP contribution < -0.4 is 10.1 Å². The topological polar surface area (TPSA) is 95.3 Å². The number of methoxy groups -OCH3 is 1. The van der Waals surface area contributed by atoms with Gasteiger partial charge < -0.3 is 15.2 Å². The van der Waals surface area contributed by atoms with Crippen LogP contribution in [0.15, 0.2) is 54.6 Å². The number of benzene rings is 2. The number of anilines is 1. The number of pyridine rings is 1. The van der Waals surface area contributed by atoms with Gasteiger partial charge in [0.05, 0.1) is 22.9 Å². The van der Waals surface area contributed by atoms with E-state index in [2.05, 4.69) is 10.3 Å². The Morgan fingerprint density at radius 3 is 2.45 bits per heavy atom. The third kappa shape index (κ3) is 4.85. The summed E-state index contributed by atoms with van der Waals surface area (Å²) in [5, 5.41) is 21.7. The molecule has 0 amide bonds. The Morgan fingerprint density at radius 2 is 1.83 bits per heavy atom. The maximum Gasteiger partial charge on any atom is 0.354 e. The second-order valence-electron chi connectivity index (χ2n) is 6.10. The largest absolute Gasteiger partial charge is 0.497 e. The summed E-state index contributed by atoms with van der Waals surface area (Å²) in [4.78, 5) is 15.5. The van der Waals surface area contributed by atoms with Gasteiger partial charge in [0, 0.05) is 17.7 Å². The quantitative estimate of drug-likeness (QED) is 0.452. The van der Waals surface area contributed by atoms with Crippen molar-refractivity contribution in [3.63, 3.8) is 0 Å². The summed E-state index contributed by atoms with van der Waals surface area (Å²) in [6.45, 7) is 0.391. The van der Waals surface area contributed by atoms with Crippen molar-refractivity contribution in [2.45, 2.75) is 6.54 Å². The molecular formula is C21H17Cl2N3O3. The molecule has 0 spiro atoms. The second-order valence-corrected chi connectivity index (χ2v) is 6.92. The molecule has 6 nitrogen and oxygen atoms in total. The van der Waals surface area contributed by atoms with E-state index >= 15 is 0 Å². The number of ether oxygens (including phenoxy) is 1. The minimum absolute atomic E-state index is 0.118. The zero-order valence-electron chi connectivity index (χ0n) is 15.4. The van der Waals surface area contributed by atoms with Gasteiger partial charge in [-0.25, -0.2) is 9.78 Å². The first-order valence-electron chi connectivity index (χ1n) is 8.54. The molecule has 29 heavy (non-hydrogen) atoms. The van der Waals surface area contributed by atoms with Gasteiger partial charge in [0.15, 0.2) is 5.69 Å². The fraction of sp³-hybridized carbons (Fsp3) is 0.0952. The van der Waals surface area contributed by atoms with Crippen LogP contribution in [0.2, 0.25) is 10.0 Å². The molecule has 3 aromatic rings. The standard InChI is InChI=1S/C21H17Cl2N3O3/c1-29-14-5-2-12(3-6-14)11-25-20-15(7-9-18(26-20)21(27)28)19(24)13-4-8-16(22)17(23)10-13/h2-10,24H,11H2,1H3,(H,25,26)(H,27,28). The Morgan fingerprint density at radius 1 is 1.10 bits per heavy atom. The smallest absolute Gasteiger partial charge is 0.354 e. The van der Waals surface area contributed by atoms with E-state index in [-0.39, 0.29) is 17.2 Å². The monoisotopic (exact) mass is 429 g/mol. The summed E-state index contributed by atoms with van der Waals surface area (Å²) < 4.78 is 5.15. The van der Waals surface area contributed by atoms with Crippen molar-refractivity contribution in [2.75, 3.05) is 12.4 Å². The molecule has 3 N–H and O–H groups in total. The lowest BCUT2D eigenvalue weighted by Crippen LogP contribution is -2.12. The highest BCUT2D eigenvalue weighted by molar-refractivity contribution is 6.42. The Hall–Kier alpha value is -3.09. The normalized spacial score (nSPS) is 10.4. The molecular weight excluding hydrogens is 413 g/mol. The average molecular weight is 430 g/mol. The number of carboxylic acids is 1. The van der Waals surface area contributed by atoms with Gasteiger partial charge in [-0.3, -0.25) is 5.41 Å². The molecule has 148 valence electrons. The van der Waals surface area contributed by atoms with Crippen molar-refractivity contribution < 1.29 is 14.6 Å². The van der Waals surface area contributed by atoms with E-state index in [1.165, 1.54) is 6.07 Å². The maximum atomic E-state index is 11.3. The lowest BCUT2D eigenvalue weighted by Gasteiger charge is -2.14. The Kier molecular flexibility index (Phi) is 6.36. The first-order chi connectivity index (χ1) is 13.9. The summed E-state index contributed by atoms with van der Waals surface area (Å²) in [6, 6.07) is 15.2. The van der Waals surface area contributed by atoms with Crippen molar-refractivity contribution in [2.24, 2.45) is 0 Å². The van der Waals surface area contributed by atoms with Crippen molar-refractivity contribution >= 4 is 40.7 Å². The van der Waals surface area contributed by atoms with Crippen LogP contribution in [0, 0.1) is 5.41 Å². The van der Waals surface area contributed by atoms with Gasteiger partial charge in [-0.1, -0.05) is 41.4 Å². The summed E-state index contributed by atoms with van der Waals surface area (Å²) in [7, 11) is 1.59. The number of halogens is 2. The highest BCUT2D eigenvalue weighted by Gasteiger charge is 2.16. The second kappa shape index (κ2) is 8.94. The maximum absolute atomic E-state index is 11.3. The predicted octanol–water partition coefficient (Wildman–Crippen LogP) is 5.12. The molecule has 0 aliphatic heterocycles. The predicted molar refractivity (Wildman–Crippen MR) is 114 cm³/mol. The van der Waals surface area contributed by atoms with Crippen LogP contribution >= 0.6 is 23.2 Å². The Bertz CT molecular complexity index is 1070. The highest BCUT2D eigenvalue weighted by Crippen LogP contribution is 2.26. The molecule has 0 fully saturated rings. The number of rotatable bonds is 7. The first-order valence-corrected chi connectivity index (χ1v) is 9.30. The van der Waals surface area contributed by atoms with E-state index in [1.807, 2.05) is 24.3 Å². The lowest BCUT2D eigenvalue weighted by molar-refractivity contribution is 0.0690. The summed E-state index contributed by atoms with van der Waals surface area (Å²) in [5.41, 5.74) is 1.96. The van der Waals surface area contributed by atoms with Gasteiger partial charge in [0.2, 0.25) is 0 Å². The molecule has 1 heterocycles. The van der Waals surface area contributed by atoms with Gasteiger partial charge in [0.1, 0.15) is 11.6 Å². The third-order valence-electron chi connectivity index (χ3n) is 4.21. The number of hydrogen-bond acceptors (Lipinski definition) is 5. The molecule has 0 bridgehead atoms. The Labute approximate surface area is 177 Å². The van der Waals surface area contributed by atoms with Crippen LogP contribution in [-0.4, -0.2) is 28.9 Å². The van der Waals surface area contributed by atoms with E-state index < -0.39 is 5.97 Å². The van der Waals surface area contributed by atoms with Crippen LogP contribution in [0.25, 0.3) is 0 Å². The van der Waals surface area contributed by atoms with Crippen molar-refractivity contribution in [1.82, 2.24) is 4.98 Å². The SMILES string of the molecule is COc1ccc(CNc2nc(C(=O)O)ccc2C(=N)c2ccc(Cl)c(Cl)c2)cc1. The zero-order chi connectivity index (χ0) is 21.0. The van der Waals surface area contributed by atoms with Crippen LogP contribution in [0.1, 0.15) is 27.2 Å². The van der Waals surface area contributed by atoms with Crippen molar-refractivity contribution in [1.29, 1.82) is 5.41 Å². The van der Waals surface area contributed by atoms with Gasteiger partial charge >= 0.3 is 5.97 Å². The van der Waals surface area contributed by atoms with E-state index in [9.17, 15) is 9.90 Å². The number of aromatic nitrogens is 1. The fourth-order valence-corrected chi connectivity index (χ4v) is 2.95. The minimum Gasteiger partial charge on any atom is -0.497 e. The minimum atomic E-state index is -1.15.